The fourth-order valence-electron chi connectivity index (χ4n) is 2.90. The van der Waals surface area contributed by atoms with E-state index in [1.807, 2.05) is 48.7 Å². The van der Waals surface area contributed by atoms with E-state index in [-0.39, 0.29) is 12.5 Å². The van der Waals surface area contributed by atoms with E-state index < -0.39 is 17.5 Å². The van der Waals surface area contributed by atoms with Gasteiger partial charge in [0.15, 0.2) is 0 Å². The Morgan fingerprint density at radius 1 is 1.23 bits per heavy atom. The fourth-order valence-corrected chi connectivity index (χ4v) is 3.66. The van der Waals surface area contributed by atoms with Crippen LogP contribution in [0, 0.1) is 6.92 Å². The molecule has 0 saturated carbocycles. The van der Waals surface area contributed by atoms with Crippen molar-refractivity contribution in [3.05, 3.63) is 57.8 Å². The second kappa shape index (κ2) is 6.92. The molecule has 0 bridgehead atoms. The largest absolute Gasteiger partial charge is 0.339 e. The van der Waals surface area contributed by atoms with E-state index >= 15 is 0 Å². The highest BCUT2D eigenvalue weighted by atomic mass is 32.1. The molecule has 0 aliphatic carbocycles. The minimum atomic E-state index is -1.16. The number of carbonyl (C=O) groups excluding carboxylic acids is 3. The van der Waals surface area contributed by atoms with Crippen LogP contribution in [0.4, 0.5) is 4.79 Å². The van der Waals surface area contributed by atoms with Crippen molar-refractivity contribution in [2.75, 3.05) is 13.6 Å². The third-order valence-corrected chi connectivity index (χ3v) is 5.46. The zero-order chi connectivity index (χ0) is 18.9. The Labute approximate surface area is 156 Å². The van der Waals surface area contributed by atoms with Crippen LogP contribution in [0.1, 0.15) is 22.9 Å². The molecule has 1 aromatic heterocycles. The third kappa shape index (κ3) is 3.35. The molecule has 1 aliphatic heterocycles. The van der Waals surface area contributed by atoms with Crippen LogP contribution in [-0.2, 0) is 21.7 Å². The molecule has 1 atom stereocenters. The Morgan fingerprint density at radius 3 is 2.54 bits per heavy atom. The number of carbonyl (C=O) groups is 3. The number of likely N-dealkylation sites (N-methyl/N-ethyl adjacent to an activating group) is 1. The Balaban J connectivity index is 1.72. The van der Waals surface area contributed by atoms with Crippen LogP contribution in [-0.4, -0.2) is 41.2 Å². The molecule has 2 heterocycles. The van der Waals surface area contributed by atoms with Gasteiger partial charge in [0.2, 0.25) is 5.91 Å². The summed E-state index contributed by atoms with van der Waals surface area (Å²) in [4.78, 5) is 41.2. The highest BCUT2D eigenvalue weighted by Crippen LogP contribution is 2.29. The molecule has 7 heteroatoms. The van der Waals surface area contributed by atoms with Crippen LogP contribution in [0.15, 0.2) is 41.8 Å². The maximum atomic E-state index is 12.9. The summed E-state index contributed by atoms with van der Waals surface area (Å²) in [7, 11) is 1.67. The van der Waals surface area contributed by atoms with Crippen LogP contribution in [0.25, 0.3) is 0 Å². The lowest BCUT2D eigenvalue weighted by Gasteiger charge is -2.23. The van der Waals surface area contributed by atoms with E-state index in [1.54, 1.807) is 25.3 Å². The lowest BCUT2D eigenvalue weighted by molar-refractivity contribution is -0.138. The minimum absolute atomic E-state index is 0.270. The molecule has 26 heavy (non-hydrogen) atoms. The topological polar surface area (TPSA) is 69.7 Å². The molecule has 136 valence electrons. The van der Waals surface area contributed by atoms with Crippen molar-refractivity contribution in [2.45, 2.75) is 25.9 Å². The van der Waals surface area contributed by atoms with Crippen molar-refractivity contribution in [3.8, 4) is 0 Å². The predicted molar refractivity (Wildman–Crippen MR) is 99.6 cm³/mol. The van der Waals surface area contributed by atoms with E-state index in [0.717, 1.165) is 15.3 Å². The molecule has 2 aromatic rings. The number of nitrogens with one attached hydrogen (secondary N) is 1. The highest BCUT2D eigenvalue weighted by molar-refractivity contribution is 7.09. The first kappa shape index (κ1) is 18.1. The molecule has 1 saturated heterocycles. The smallest absolute Gasteiger partial charge is 0.325 e. The lowest BCUT2D eigenvalue weighted by Crippen LogP contribution is -2.43. The van der Waals surface area contributed by atoms with Gasteiger partial charge in [0.05, 0.1) is 6.54 Å². The summed E-state index contributed by atoms with van der Waals surface area (Å²) in [5.41, 5.74) is 0.608. The molecule has 0 spiro atoms. The minimum Gasteiger partial charge on any atom is -0.339 e. The first-order chi connectivity index (χ1) is 12.3. The van der Waals surface area contributed by atoms with E-state index in [2.05, 4.69) is 5.32 Å². The van der Waals surface area contributed by atoms with Crippen LogP contribution >= 0.6 is 11.3 Å². The molecule has 0 radical (unpaired) electrons. The summed E-state index contributed by atoms with van der Waals surface area (Å²) in [6, 6.07) is 10.7. The summed E-state index contributed by atoms with van der Waals surface area (Å²) in [5, 5.41) is 4.67. The second-order valence-electron chi connectivity index (χ2n) is 6.64. The van der Waals surface area contributed by atoms with Gasteiger partial charge in [-0.2, -0.15) is 0 Å². The molecular formula is C19H21N3O3S. The average Bonchev–Trinajstić information content (AvgIpc) is 3.18. The molecule has 6 nitrogen and oxygen atoms in total. The molecule has 0 unspecified atom stereocenters. The highest BCUT2D eigenvalue weighted by Gasteiger charge is 2.49. The molecule has 1 fully saturated rings. The van der Waals surface area contributed by atoms with Gasteiger partial charge >= 0.3 is 6.03 Å². The molecule has 3 rings (SSSR count). The number of amides is 4. The Hall–Kier alpha value is -2.67. The van der Waals surface area contributed by atoms with Crippen molar-refractivity contribution < 1.29 is 14.4 Å². The second-order valence-corrected chi connectivity index (χ2v) is 7.67. The summed E-state index contributed by atoms with van der Waals surface area (Å²) in [6.45, 7) is 3.80. The van der Waals surface area contributed by atoms with Crippen LogP contribution < -0.4 is 5.32 Å². The van der Waals surface area contributed by atoms with Gasteiger partial charge in [0.25, 0.3) is 5.91 Å². The van der Waals surface area contributed by atoms with E-state index in [9.17, 15) is 14.4 Å². The zero-order valence-corrected chi connectivity index (χ0v) is 15.8. The average molecular weight is 371 g/mol. The predicted octanol–water partition coefficient (Wildman–Crippen LogP) is 2.48. The number of aryl methyl sites for hydroxylation is 1. The number of urea groups is 1. The van der Waals surface area contributed by atoms with Crippen LogP contribution in [0.3, 0.4) is 0 Å². The number of nitrogens with zero attached hydrogens (tertiary/aromatic N) is 2. The van der Waals surface area contributed by atoms with Gasteiger partial charge in [0.1, 0.15) is 12.1 Å². The number of hydrogen-bond donors (Lipinski definition) is 1. The maximum Gasteiger partial charge on any atom is 0.325 e. The normalized spacial score (nSPS) is 19.6. The quantitative estimate of drug-likeness (QED) is 0.821. The number of hydrogen-bond acceptors (Lipinski definition) is 4. The summed E-state index contributed by atoms with van der Waals surface area (Å²) in [6.07, 6.45) is 0. The SMILES string of the molecule is Cc1ccc([C@@]2(C)NC(=O)N(CC(=O)N(C)Cc3cccs3)C2=O)cc1. The number of imide groups is 1. The Morgan fingerprint density at radius 2 is 1.92 bits per heavy atom. The van der Waals surface area contributed by atoms with Crippen molar-refractivity contribution >= 4 is 29.2 Å². The van der Waals surface area contributed by atoms with E-state index in [0.29, 0.717) is 12.1 Å². The third-order valence-electron chi connectivity index (χ3n) is 4.60. The summed E-state index contributed by atoms with van der Waals surface area (Å²) >= 11 is 1.56. The first-order valence-corrected chi connectivity index (χ1v) is 9.17. The van der Waals surface area contributed by atoms with E-state index in [1.165, 1.54) is 4.90 Å². The van der Waals surface area contributed by atoms with Gasteiger partial charge in [-0.15, -0.1) is 11.3 Å². The van der Waals surface area contributed by atoms with Crippen molar-refractivity contribution in [2.24, 2.45) is 0 Å². The zero-order valence-electron chi connectivity index (χ0n) is 15.0. The molecule has 1 aromatic carbocycles. The van der Waals surface area contributed by atoms with Crippen LogP contribution in [0.5, 0.6) is 0 Å². The van der Waals surface area contributed by atoms with Crippen LogP contribution in [0.2, 0.25) is 0 Å². The van der Waals surface area contributed by atoms with Gasteiger partial charge in [-0.3, -0.25) is 14.5 Å². The maximum absolute atomic E-state index is 12.9. The summed E-state index contributed by atoms with van der Waals surface area (Å²) < 4.78 is 0. The number of benzene rings is 1. The molecule has 1 N–H and O–H groups in total. The van der Waals surface area contributed by atoms with Crippen molar-refractivity contribution in [1.29, 1.82) is 0 Å². The Kier molecular flexibility index (Phi) is 4.82. The van der Waals surface area contributed by atoms with Gasteiger partial charge in [-0.25, -0.2) is 4.79 Å². The van der Waals surface area contributed by atoms with Crippen molar-refractivity contribution in [3.63, 3.8) is 0 Å². The Bertz CT molecular complexity index is 832. The van der Waals surface area contributed by atoms with Gasteiger partial charge in [0, 0.05) is 11.9 Å². The standard InChI is InChI=1S/C19H21N3O3S/c1-13-6-8-14(9-7-13)19(2)17(24)22(18(25)20-19)12-16(23)21(3)11-15-5-4-10-26-15/h4-10H,11-12H2,1-3H3,(H,20,25)/t19-/m1/s1. The number of thiophene rings is 1. The summed E-state index contributed by atoms with van der Waals surface area (Å²) in [5.74, 6) is -0.695. The monoisotopic (exact) mass is 371 g/mol. The van der Waals surface area contributed by atoms with E-state index in [4.69, 9.17) is 0 Å². The molecule has 4 amide bonds. The first-order valence-electron chi connectivity index (χ1n) is 8.29. The molecular weight excluding hydrogens is 350 g/mol. The van der Waals surface area contributed by atoms with Gasteiger partial charge in [-0.1, -0.05) is 35.9 Å². The number of rotatable bonds is 5. The molecule has 1 aliphatic rings. The van der Waals surface area contributed by atoms with Gasteiger partial charge < -0.3 is 10.2 Å². The lowest BCUT2D eigenvalue weighted by atomic mass is 9.91. The van der Waals surface area contributed by atoms with Crippen molar-refractivity contribution in [1.82, 2.24) is 15.1 Å². The van der Waals surface area contributed by atoms with Gasteiger partial charge in [-0.05, 0) is 30.9 Å². The fraction of sp³-hybridized carbons (Fsp3) is 0.316.